The van der Waals surface area contributed by atoms with Crippen molar-refractivity contribution >= 4 is 6.41 Å². The van der Waals surface area contributed by atoms with Crippen molar-refractivity contribution in [2.75, 3.05) is 0 Å². The van der Waals surface area contributed by atoms with E-state index in [2.05, 4.69) is 11.9 Å². The van der Waals surface area contributed by atoms with E-state index < -0.39 is 0 Å². The van der Waals surface area contributed by atoms with Crippen LogP contribution < -0.4 is 5.32 Å². The summed E-state index contributed by atoms with van der Waals surface area (Å²) in [6.07, 6.45) is 0.646. The Balaban J connectivity index is 3.88. The fraction of sp³-hybridized carbons (Fsp3) is 0.571. The Morgan fingerprint density at radius 2 is 2.00 bits per heavy atom. The molecule has 1 amide bonds. The first-order valence-corrected chi connectivity index (χ1v) is 2.88. The van der Waals surface area contributed by atoms with E-state index in [0.29, 0.717) is 6.41 Å². The van der Waals surface area contributed by atoms with Crippen LogP contribution in [0.3, 0.4) is 0 Å². The van der Waals surface area contributed by atoms with Crippen molar-refractivity contribution in [3.05, 3.63) is 12.3 Å². The fourth-order valence-electron chi connectivity index (χ4n) is 0.288. The summed E-state index contributed by atoms with van der Waals surface area (Å²) in [4.78, 5) is 9.89. The molecule has 0 aliphatic rings. The molecule has 0 unspecified atom stereocenters. The highest BCUT2D eigenvalue weighted by atomic mass is 16.1. The number of carbonyl (C=O) groups is 1. The Kier molecular flexibility index (Phi) is 2.43. The van der Waals surface area contributed by atoms with Gasteiger partial charge in [0, 0.05) is 11.1 Å². The molecule has 0 atom stereocenters. The topological polar surface area (TPSA) is 29.1 Å². The number of hydrogen-bond acceptors (Lipinski definition) is 1. The number of carbonyl (C=O) groups excluding carboxylic acids is 1. The van der Waals surface area contributed by atoms with Gasteiger partial charge < -0.3 is 5.32 Å². The highest BCUT2D eigenvalue weighted by Gasteiger charge is 2.13. The molecule has 2 nitrogen and oxygen atoms in total. The summed E-state index contributed by atoms with van der Waals surface area (Å²) in [5, 5.41) is 2.51. The molecule has 0 spiro atoms. The second kappa shape index (κ2) is 2.67. The van der Waals surface area contributed by atoms with Gasteiger partial charge in [-0.25, -0.2) is 0 Å². The molecule has 0 aliphatic carbocycles. The standard InChI is InChI=1S/C7H13NO/c1-6(8-5-9)7(2,3)4/h5H,1H2,2-4H3,(H,8,9). The highest BCUT2D eigenvalue weighted by Crippen LogP contribution is 2.19. The molecular weight excluding hydrogens is 114 g/mol. The lowest BCUT2D eigenvalue weighted by molar-refractivity contribution is -0.109. The quantitative estimate of drug-likeness (QED) is 0.556. The Morgan fingerprint density at radius 1 is 1.56 bits per heavy atom. The maximum atomic E-state index is 9.89. The normalized spacial score (nSPS) is 10.6. The van der Waals surface area contributed by atoms with Crippen LogP contribution in [0.2, 0.25) is 0 Å². The third kappa shape index (κ3) is 2.90. The first-order chi connectivity index (χ1) is 3.98. The van der Waals surface area contributed by atoms with Gasteiger partial charge in [-0.2, -0.15) is 0 Å². The average molecular weight is 127 g/mol. The van der Waals surface area contributed by atoms with Crippen LogP contribution in [0.15, 0.2) is 12.3 Å². The lowest BCUT2D eigenvalue weighted by Gasteiger charge is -2.19. The van der Waals surface area contributed by atoms with E-state index in [4.69, 9.17) is 0 Å². The maximum Gasteiger partial charge on any atom is 0.211 e. The second-order valence-electron chi connectivity index (χ2n) is 2.99. The number of amides is 1. The molecule has 0 radical (unpaired) electrons. The van der Waals surface area contributed by atoms with Gasteiger partial charge in [-0.15, -0.1) is 0 Å². The van der Waals surface area contributed by atoms with Crippen LogP contribution in [0.1, 0.15) is 20.8 Å². The summed E-state index contributed by atoms with van der Waals surface area (Å²) in [7, 11) is 0. The first-order valence-electron chi connectivity index (χ1n) is 2.88. The van der Waals surface area contributed by atoms with E-state index in [0.717, 1.165) is 5.70 Å². The van der Waals surface area contributed by atoms with Crippen molar-refractivity contribution in [1.82, 2.24) is 5.32 Å². The molecule has 2 heteroatoms. The van der Waals surface area contributed by atoms with Gasteiger partial charge in [0.05, 0.1) is 0 Å². The largest absolute Gasteiger partial charge is 0.332 e. The molecule has 9 heavy (non-hydrogen) atoms. The van der Waals surface area contributed by atoms with Crippen molar-refractivity contribution in [2.24, 2.45) is 5.41 Å². The van der Waals surface area contributed by atoms with E-state index in [-0.39, 0.29) is 5.41 Å². The smallest absolute Gasteiger partial charge is 0.211 e. The molecule has 0 heterocycles. The van der Waals surface area contributed by atoms with Gasteiger partial charge in [0.25, 0.3) is 0 Å². The van der Waals surface area contributed by atoms with Gasteiger partial charge in [0.1, 0.15) is 0 Å². The van der Waals surface area contributed by atoms with Crippen LogP contribution >= 0.6 is 0 Å². The lowest BCUT2D eigenvalue weighted by atomic mass is 9.93. The van der Waals surface area contributed by atoms with Crippen molar-refractivity contribution in [3.8, 4) is 0 Å². The predicted octanol–water partition coefficient (Wildman–Crippen LogP) is 1.29. The zero-order chi connectivity index (χ0) is 7.49. The molecule has 0 bridgehead atoms. The van der Waals surface area contributed by atoms with Crippen LogP contribution in [0.5, 0.6) is 0 Å². The van der Waals surface area contributed by atoms with Crippen LogP contribution in [0, 0.1) is 5.41 Å². The number of hydrogen-bond donors (Lipinski definition) is 1. The molecule has 0 saturated carbocycles. The molecule has 0 aliphatic heterocycles. The van der Waals surface area contributed by atoms with Crippen molar-refractivity contribution in [2.45, 2.75) is 20.8 Å². The minimum Gasteiger partial charge on any atom is -0.332 e. The van der Waals surface area contributed by atoms with E-state index in [9.17, 15) is 4.79 Å². The highest BCUT2D eigenvalue weighted by molar-refractivity contribution is 5.50. The monoisotopic (exact) mass is 127 g/mol. The van der Waals surface area contributed by atoms with Crippen molar-refractivity contribution in [1.29, 1.82) is 0 Å². The van der Waals surface area contributed by atoms with Crippen molar-refractivity contribution < 1.29 is 4.79 Å². The van der Waals surface area contributed by atoms with Crippen LogP contribution in [-0.2, 0) is 4.79 Å². The van der Waals surface area contributed by atoms with Gasteiger partial charge >= 0.3 is 0 Å². The molecule has 0 aromatic carbocycles. The summed E-state index contributed by atoms with van der Waals surface area (Å²) in [5.41, 5.74) is 0.721. The molecule has 0 rings (SSSR count). The SMILES string of the molecule is C=C(NC=O)C(C)(C)C. The third-order valence-electron chi connectivity index (χ3n) is 1.14. The van der Waals surface area contributed by atoms with E-state index in [1.54, 1.807) is 0 Å². The summed E-state index contributed by atoms with van der Waals surface area (Å²) in [6.45, 7) is 9.65. The average Bonchev–Trinajstić information content (AvgIpc) is 1.64. The molecule has 52 valence electrons. The van der Waals surface area contributed by atoms with Crippen molar-refractivity contribution in [3.63, 3.8) is 0 Å². The summed E-state index contributed by atoms with van der Waals surface area (Å²) in [5.74, 6) is 0. The Labute approximate surface area is 56.0 Å². The van der Waals surface area contributed by atoms with Gasteiger partial charge in [0.2, 0.25) is 6.41 Å². The molecule has 1 N–H and O–H groups in total. The Hall–Kier alpha value is -0.790. The summed E-state index contributed by atoms with van der Waals surface area (Å²) < 4.78 is 0. The number of nitrogens with one attached hydrogen (secondary N) is 1. The fourth-order valence-corrected chi connectivity index (χ4v) is 0.288. The van der Waals surface area contributed by atoms with Crippen LogP contribution in [0.4, 0.5) is 0 Å². The van der Waals surface area contributed by atoms with E-state index in [1.165, 1.54) is 0 Å². The lowest BCUT2D eigenvalue weighted by Crippen LogP contribution is -2.21. The minimum atomic E-state index is -0.0269. The second-order valence-corrected chi connectivity index (χ2v) is 2.99. The van der Waals surface area contributed by atoms with E-state index >= 15 is 0 Å². The molecule has 0 aromatic rings. The zero-order valence-electron chi connectivity index (χ0n) is 6.19. The number of allylic oxidation sites excluding steroid dienone is 1. The molecular formula is C7H13NO. The Bertz CT molecular complexity index is 121. The molecule has 0 fully saturated rings. The van der Waals surface area contributed by atoms with Gasteiger partial charge in [-0.3, -0.25) is 4.79 Å². The van der Waals surface area contributed by atoms with Gasteiger partial charge in [0.15, 0.2) is 0 Å². The van der Waals surface area contributed by atoms with E-state index in [1.807, 2.05) is 20.8 Å². The predicted molar refractivity (Wildman–Crippen MR) is 37.8 cm³/mol. The Morgan fingerprint density at radius 3 is 2.11 bits per heavy atom. The van der Waals surface area contributed by atoms with Crippen LogP contribution in [-0.4, -0.2) is 6.41 Å². The number of rotatable bonds is 2. The molecule has 0 aromatic heterocycles. The van der Waals surface area contributed by atoms with Gasteiger partial charge in [-0.05, 0) is 0 Å². The van der Waals surface area contributed by atoms with Crippen LogP contribution in [0.25, 0.3) is 0 Å². The zero-order valence-corrected chi connectivity index (χ0v) is 6.19. The molecule has 0 saturated heterocycles. The maximum absolute atomic E-state index is 9.89. The minimum absolute atomic E-state index is 0.0269. The third-order valence-corrected chi connectivity index (χ3v) is 1.14. The summed E-state index contributed by atoms with van der Waals surface area (Å²) >= 11 is 0. The first kappa shape index (κ1) is 8.21. The van der Waals surface area contributed by atoms with Gasteiger partial charge in [-0.1, -0.05) is 27.4 Å². The summed E-state index contributed by atoms with van der Waals surface area (Å²) in [6, 6.07) is 0.